The van der Waals surface area contributed by atoms with E-state index >= 15 is 0 Å². The number of esters is 1. The van der Waals surface area contributed by atoms with Gasteiger partial charge in [-0.1, -0.05) is 12.1 Å². The van der Waals surface area contributed by atoms with Gasteiger partial charge in [0.25, 0.3) is 5.91 Å². The summed E-state index contributed by atoms with van der Waals surface area (Å²) < 4.78 is 10.8. The van der Waals surface area contributed by atoms with Crippen molar-refractivity contribution >= 4 is 17.6 Å². The molecule has 0 aliphatic heterocycles. The van der Waals surface area contributed by atoms with Gasteiger partial charge in [-0.2, -0.15) is 0 Å². The predicted octanol–water partition coefficient (Wildman–Crippen LogP) is 4.17. The molecule has 5 heteroatoms. The molecule has 27 heavy (non-hydrogen) atoms. The van der Waals surface area contributed by atoms with E-state index in [-0.39, 0.29) is 23.9 Å². The summed E-state index contributed by atoms with van der Waals surface area (Å²) in [6, 6.07) is 7.27. The summed E-state index contributed by atoms with van der Waals surface area (Å²) in [5, 5.41) is 2.77. The monoisotopic (exact) mass is 371 g/mol. The highest BCUT2D eigenvalue weighted by atomic mass is 16.5. The average molecular weight is 371 g/mol. The SMILES string of the molecule is CCOc1ccccc1NC(=O)COC(=O)CC12CC3CC(CC(C3)C1)C2. The molecular formula is C22H29NO4. The Morgan fingerprint density at radius 2 is 1.70 bits per heavy atom. The van der Waals surface area contributed by atoms with Crippen LogP contribution in [0.3, 0.4) is 0 Å². The average Bonchev–Trinajstić information content (AvgIpc) is 2.60. The van der Waals surface area contributed by atoms with Gasteiger partial charge in [-0.3, -0.25) is 9.59 Å². The van der Waals surface area contributed by atoms with Crippen LogP contribution in [0.2, 0.25) is 0 Å². The molecule has 0 spiro atoms. The Hall–Kier alpha value is -2.04. The van der Waals surface area contributed by atoms with Crippen molar-refractivity contribution in [3.8, 4) is 5.75 Å². The minimum atomic E-state index is -0.332. The largest absolute Gasteiger partial charge is 0.492 e. The van der Waals surface area contributed by atoms with Gasteiger partial charge in [0.15, 0.2) is 6.61 Å². The fourth-order valence-corrected chi connectivity index (χ4v) is 6.05. The van der Waals surface area contributed by atoms with E-state index in [1.54, 1.807) is 12.1 Å². The highest BCUT2D eigenvalue weighted by molar-refractivity contribution is 5.94. The zero-order valence-corrected chi connectivity index (χ0v) is 16.0. The summed E-state index contributed by atoms with van der Waals surface area (Å²) in [4.78, 5) is 24.6. The number of carbonyl (C=O) groups excluding carboxylic acids is 2. The molecule has 1 N–H and O–H groups in total. The van der Waals surface area contributed by atoms with Crippen LogP contribution in [0.15, 0.2) is 24.3 Å². The van der Waals surface area contributed by atoms with E-state index < -0.39 is 0 Å². The molecule has 4 bridgehead atoms. The molecule has 0 aromatic heterocycles. The van der Waals surface area contributed by atoms with Gasteiger partial charge in [0, 0.05) is 0 Å². The minimum Gasteiger partial charge on any atom is -0.492 e. The highest BCUT2D eigenvalue weighted by Crippen LogP contribution is 2.61. The van der Waals surface area contributed by atoms with Crippen molar-refractivity contribution in [1.29, 1.82) is 0 Å². The maximum Gasteiger partial charge on any atom is 0.306 e. The Labute approximate surface area is 160 Å². The molecule has 1 amide bonds. The Morgan fingerprint density at radius 1 is 1.07 bits per heavy atom. The van der Waals surface area contributed by atoms with Crippen LogP contribution in [0, 0.1) is 23.2 Å². The molecule has 0 atom stereocenters. The van der Waals surface area contributed by atoms with Crippen LogP contribution in [0.25, 0.3) is 0 Å². The third kappa shape index (κ3) is 4.12. The first kappa shape index (κ1) is 18.3. The molecule has 1 aromatic carbocycles. The topological polar surface area (TPSA) is 64.6 Å². The summed E-state index contributed by atoms with van der Waals surface area (Å²) in [5.74, 6) is 2.48. The van der Waals surface area contributed by atoms with Crippen molar-refractivity contribution in [3.63, 3.8) is 0 Å². The van der Waals surface area contributed by atoms with Crippen LogP contribution in [0.4, 0.5) is 5.69 Å². The minimum absolute atomic E-state index is 0.143. The Morgan fingerprint density at radius 3 is 2.33 bits per heavy atom. The first-order valence-electron chi connectivity index (χ1n) is 10.2. The first-order valence-corrected chi connectivity index (χ1v) is 10.2. The second kappa shape index (κ2) is 7.53. The summed E-state index contributed by atoms with van der Waals surface area (Å²) in [7, 11) is 0. The van der Waals surface area contributed by atoms with Crippen LogP contribution in [-0.2, 0) is 14.3 Å². The molecule has 5 rings (SSSR count). The first-order chi connectivity index (χ1) is 13.0. The van der Waals surface area contributed by atoms with Gasteiger partial charge in [0.1, 0.15) is 5.75 Å². The number of benzene rings is 1. The van der Waals surface area contributed by atoms with Gasteiger partial charge in [-0.05, 0) is 80.8 Å². The van der Waals surface area contributed by atoms with E-state index in [2.05, 4.69) is 5.32 Å². The fourth-order valence-electron chi connectivity index (χ4n) is 6.05. The number of amides is 1. The van der Waals surface area contributed by atoms with Gasteiger partial charge in [-0.25, -0.2) is 0 Å². The third-order valence-corrected chi connectivity index (χ3v) is 6.51. The lowest BCUT2D eigenvalue weighted by molar-refractivity contribution is -0.154. The third-order valence-electron chi connectivity index (χ3n) is 6.51. The fraction of sp³-hybridized carbons (Fsp3) is 0.636. The smallest absolute Gasteiger partial charge is 0.306 e. The van der Waals surface area contributed by atoms with E-state index in [9.17, 15) is 9.59 Å². The lowest BCUT2D eigenvalue weighted by Crippen LogP contribution is -2.47. The number of nitrogens with one attached hydrogen (secondary N) is 1. The van der Waals surface area contributed by atoms with Crippen molar-refractivity contribution < 1.29 is 19.1 Å². The highest BCUT2D eigenvalue weighted by Gasteiger charge is 2.51. The summed E-state index contributed by atoms with van der Waals surface area (Å²) in [6.07, 6.45) is 8.05. The second-order valence-electron chi connectivity index (χ2n) is 8.73. The van der Waals surface area contributed by atoms with Crippen molar-refractivity contribution in [2.24, 2.45) is 23.2 Å². The van der Waals surface area contributed by atoms with Gasteiger partial charge >= 0.3 is 5.97 Å². The zero-order chi connectivity index (χ0) is 18.9. The molecule has 4 saturated carbocycles. The molecule has 4 aliphatic rings. The van der Waals surface area contributed by atoms with E-state index in [1.807, 2.05) is 19.1 Å². The lowest BCUT2D eigenvalue weighted by atomic mass is 9.49. The number of anilines is 1. The molecule has 5 nitrogen and oxygen atoms in total. The number of hydrogen-bond donors (Lipinski definition) is 1. The maximum absolute atomic E-state index is 12.4. The van der Waals surface area contributed by atoms with Crippen LogP contribution in [0.1, 0.15) is 51.9 Å². The van der Waals surface area contributed by atoms with Crippen LogP contribution < -0.4 is 10.1 Å². The van der Waals surface area contributed by atoms with Gasteiger partial charge in [0.2, 0.25) is 0 Å². The molecular weight excluding hydrogens is 342 g/mol. The Balaban J connectivity index is 1.28. The van der Waals surface area contributed by atoms with Crippen molar-refractivity contribution in [2.75, 3.05) is 18.5 Å². The normalized spacial score (nSPS) is 30.8. The standard InChI is InChI=1S/C22H29NO4/c1-2-26-19-6-4-3-5-18(19)23-20(24)14-27-21(25)13-22-10-15-7-16(11-22)9-17(8-15)12-22/h3-6,15-17H,2,7-14H2,1H3,(H,23,24). The number of hydrogen-bond acceptors (Lipinski definition) is 4. The van der Waals surface area contributed by atoms with E-state index in [4.69, 9.17) is 9.47 Å². The summed E-state index contributed by atoms with van der Waals surface area (Å²) in [6.45, 7) is 2.17. The van der Waals surface area contributed by atoms with Gasteiger partial charge in [0.05, 0.1) is 18.7 Å². The number of rotatable bonds is 7. The van der Waals surface area contributed by atoms with Crippen LogP contribution in [-0.4, -0.2) is 25.1 Å². The molecule has 4 aliphatic carbocycles. The van der Waals surface area contributed by atoms with E-state index in [1.165, 1.54) is 38.5 Å². The summed E-state index contributed by atoms with van der Waals surface area (Å²) in [5.41, 5.74) is 0.741. The summed E-state index contributed by atoms with van der Waals surface area (Å²) >= 11 is 0. The zero-order valence-electron chi connectivity index (χ0n) is 16.0. The molecule has 0 unspecified atom stereocenters. The Bertz CT molecular complexity index is 679. The van der Waals surface area contributed by atoms with Gasteiger partial charge < -0.3 is 14.8 Å². The maximum atomic E-state index is 12.4. The van der Waals surface area contributed by atoms with E-state index in [0.717, 1.165) is 17.8 Å². The molecule has 1 aromatic rings. The quantitative estimate of drug-likeness (QED) is 0.731. The number of ether oxygens (including phenoxy) is 2. The van der Waals surface area contributed by atoms with Crippen molar-refractivity contribution in [2.45, 2.75) is 51.9 Å². The second-order valence-corrected chi connectivity index (χ2v) is 8.73. The Kier molecular flexibility index (Phi) is 5.11. The van der Waals surface area contributed by atoms with Gasteiger partial charge in [-0.15, -0.1) is 0 Å². The number of carbonyl (C=O) groups is 2. The molecule has 0 heterocycles. The predicted molar refractivity (Wildman–Crippen MR) is 102 cm³/mol. The van der Waals surface area contributed by atoms with Crippen molar-refractivity contribution in [3.05, 3.63) is 24.3 Å². The van der Waals surface area contributed by atoms with E-state index in [0.29, 0.717) is 24.5 Å². The molecule has 146 valence electrons. The number of para-hydroxylation sites is 2. The lowest BCUT2D eigenvalue weighted by Gasteiger charge is -2.56. The molecule has 0 saturated heterocycles. The van der Waals surface area contributed by atoms with Crippen LogP contribution in [0.5, 0.6) is 5.75 Å². The molecule has 0 radical (unpaired) electrons. The van der Waals surface area contributed by atoms with Crippen molar-refractivity contribution in [1.82, 2.24) is 0 Å². The molecule has 4 fully saturated rings. The van der Waals surface area contributed by atoms with Crippen LogP contribution >= 0.6 is 0 Å².